The lowest BCUT2D eigenvalue weighted by atomic mass is 10.00. The first-order valence-corrected chi connectivity index (χ1v) is 9.51. The van der Waals surface area contributed by atoms with Crippen molar-refractivity contribution in [2.45, 2.75) is 0 Å². The summed E-state index contributed by atoms with van der Waals surface area (Å²) in [6, 6.07) is 13.8. The van der Waals surface area contributed by atoms with E-state index in [1.54, 1.807) is 0 Å². The van der Waals surface area contributed by atoms with Gasteiger partial charge in [-0.25, -0.2) is 0 Å². The van der Waals surface area contributed by atoms with Gasteiger partial charge >= 0.3 is 0 Å². The third kappa shape index (κ3) is 2.96. The molecule has 0 fully saturated rings. The molecular formula is C17H8Br4O. The summed E-state index contributed by atoms with van der Waals surface area (Å²) in [5, 5.41) is 2.06. The van der Waals surface area contributed by atoms with Crippen LogP contribution in [-0.2, 0) is 0 Å². The van der Waals surface area contributed by atoms with Crippen LogP contribution in [0.3, 0.4) is 0 Å². The van der Waals surface area contributed by atoms with Gasteiger partial charge < -0.3 is 0 Å². The Morgan fingerprint density at radius 2 is 1.50 bits per heavy atom. The Hall–Kier alpha value is -0.490. The maximum Gasteiger partial charge on any atom is 0.150 e. The number of carbonyl (C=O) groups excluding carboxylic acids is 1. The van der Waals surface area contributed by atoms with E-state index in [0.717, 1.165) is 46.1 Å². The number of benzene rings is 3. The maximum atomic E-state index is 11.0. The summed E-state index contributed by atoms with van der Waals surface area (Å²) in [6.07, 6.45) is 0.860. The molecule has 0 aromatic heterocycles. The zero-order chi connectivity index (χ0) is 15.9. The fourth-order valence-electron chi connectivity index (χ4n) is 2.34. The SMILES string of the molecule is O=Cc1ccc2c(Br)c(-c3cc(Br)ccc3Br)cc(Br)c2c1. The lowest BCUT2D eigenvalue weighted by Gasteiger charge is -2.13. The highest BCUT2D eigenvalue weighted by atomic mass is 79.9. The zero-order valence-corrected chi connectivity index (χ0v) is 17.4. The second-order valence-corrected chi connectivity index (χ2v) is 8.18. The largest absolute Gasteiger partial charge is 0.298 e. The fraction of sp³-hybridized carbons (Fsp3) is 0. The molecule has 0 spiro atoms. The number of carbonyl (C=O) groups is 1. The van der Waals surface area contributed by atoms with Crippen LogP contribution < -0.4 is 0 Å². The zero-order valence-electron chi connectivity index (χ0n) is 11.0. The first-order valence-electron chi connectivity index (χ1n) is 6.33. The van der Waals surface area contributed by atoms with E-state index < -0.39 is 0 Å². The Bertz CT molecular complexity index is 903. The molecule has 3 rings (SSSR count). The summed E-state index contributed by atoms with van der Waals surface area (Å²) in [6.45, 7) is 0. The average molecular weight is 548 g/mol. The van der Waals surface area contributed by atoms with E-state index in [0.29, 0.717) is 5.56 Å². The molecule has 1 nitrogen and oxygen atoms in total. The topological polar surface area (TPSA) is 17.1 Å². The van der Waals surface area contributed by atoms with E-state index in [1.165, 1.54) is 0 Å². The minimum absolute atomic E-state index is 0.663. The molecule has 0 saturated carbocycles. The van der Waals surface area contributed by atoms with Crippen LogP contribution in [0.4, 0.5) is 0 Å². The van der Waals surface area contributed by atoms with Gasteiger partial charge in [-0.2, -0.15) is 0 Å². The van der Waals surface area contributed by atoms with E-state index in [-0.39, 0.29) is 0 Å². The van der Waals surface area contributed by atoms with Gasteiger partial charge in [-0.3, -0.25) is 4.79 Å². The fourth-order valence-corrected chi connectivity index (χ4v) is 4.39. The van der Waals surface area contributed by atoms with Crippen LogP contribution in [0.15, 0.2) is 60.4 Å². The van der Waals surface area contributed by atoms with E-state index in [2.05, 4.69) is 75.9 Å². The van der Waals surface area contributed by atoms with Gasteiger partial charge in [-0.05, 0) is 68.2 Å². The van der Waals surface area contributed by atoms with Crippen LogP contribution in [0, 0.1) is 0 Å². The van der Waals surface area contributed by atoms with Gasteiger partial charge in [0.2, 0.25) is 0 Å². The molecule has 0 N–H and O–H groups in total. The number of hydrogen-bond acceptors (Lipinski definition) is 1. The lowest BCUT2D eigenvalue weighted by Crippen LogP contribution is -1.88. The van der Waals surface area contributed by atoms with E-state index in [1.807, 2.05) is 30.3 Å². The van der Waals surface area contributed by atoms with Crippen molar-refractivity contribution in [3.8, 4) is 11.1 Å². The van der Waals surface area contributed by atoms with Crippen LogP contribution >= 0.6 is 63.7 Å². The van der Waals surface area contributed by atoms with Gasteiger partial charge in [0.25, 0.3) is 0 Å². The smallest absolute Gasteiger partial charge is 0.150 e. The predicted molar refractivity (Wildman–Crippen MR) is 106 cm³/mol. The molecular weight excluding hydrogens is 540 g/mol. The standard InChI is InChI=1S/C17H8Br4O/c18-10-2-4-15(19)13(6-10)14-7-16(20)12-5-9(8-22)1-3-11(12)17(14)21/h1-8H. The first kappa shape index (κ1) is 16.4. The Labute approximate surface area is 161 Å². The highest BCUT2D eigenvalue weighted by Gasteiger charge is 2.13. The van der Waals surface area contributed by atoms with Crippen molar-refractivity contribution >= 4 is 80.8 Å². The summed E-state index contributed by atoms with van der Waals surface area (Å²) in [7, 11) is 0. The van der Waals surface area contributed by atoms with Crippen molar-refractivity contribution in [1.29, 1.82) is 0 Å². The Kier molecular flexibility index (Phi) is 4.88. The molecule has 0 amide bonds. The number of halogens is 4. The highest BCUT2D eigenvalue weighted by Crippen LogP contribution is 2.42. The molecule has 0 bridgehead atoms. The predicted octanol–water partition coefficient (Wildman–Crippen LogP) is 7.37. The van der Waals surface area contributed by atoms with Crippen LogP contribution in [0.5, 0.6) is 0 Å². The minimum atomic E-state index is 0.663. The molecule has 5 heteroatoms. The highest BCUT2D eigenvalue weighted by molar-refractivity contribution is 9.11. The lowest BCUT2D eigenvalue weighted by molar-refractivity contribution is 0.112. The average Bonchev–Trinajstić information content (AvgIpc) is 2.53. The summed E-state index contributed by atoms with van der Waals surface area (Å²) >= 11 is 14.5. The van der Waals surface area contributed by atoms with Gasteiger partial charge in [-0.1, -0.05) is 59.9 Å². The van der Waals surface area contributed by atoms with Gasteiger partial charge in [0.1, 0.15) is 6.29 Å². The molecule has 0 unspecified atom stereocenters. The summed E-state index contributed by atoms with van der Waals surface area (Å²) < 4.78 is 4.00. The number of aldehydes is 1. The van der Waals surface area contributed by atoms with Crippen molar-refractivity contribution in [2.24, 2.45) is 0 Å². The van der Waals surface area contributed by atoms with E-state index >= 15 is 0 Å². The molecule has 0 aliphatic heterocycles. The van der Waals surface area contributed by atoms with Crippen molar-refractivity contribution in [3.05, 3.63) is 65.9 Å². The first-order chi connectivity index (χ1) is 10.5. The summed E-state index contributed by atoms with van der Waals surface area (Å²) in [5.74, 6) is 0. The van der Waals surface area contributed by atoms with E-state index in [9.17, 15) is 4.79 Å². The van der Waals surface area contributed by atoms with Crippen LogP contribution in [0.2, 0.25) is 0 Å². The summed E-state index contributed by atoms with van der Waals surface area (Å²) in [5.41, 5.74) is 2.83. The molecule has 3 aromatic rings. The molecule has 0 atom stereocenters. The van der Waals surface area contributed by atoms with Crippen molar-refractivity contribution < 1.29 is 4.79 Å². The Morgan fingerprint density at radius 1 is 0.727 bits per heavy atom. The van der Waals surface area contributed by atoms with Gasteiger partial charge in [0, 0.05) is 23.5 Å². The van der Waals surface area contributed by atoms with Crippen LogP contribution in [0.25, 0.3) is 21.9 Å². The second kappa shape index (κ2) is 6.56. The number of rotatable bonds is 2. The molecule has 110 valence electrons. The third-order valence-corrected chi connectivity index (χ3v) is 6.09. The van der Waals surface area contributed by atoms with Crippen LogP contribution in [0.1, 0.15) is 10.4 Å². The van der Waals surface area contributed by atoms with Gasteiger partial charge in [0.15, 0.2) is 0 Å². The monoisotopic (exact) mass is 544 g/mol. The van der Waals surface area contributed by atoms with Crippen molar-refractivity contribution in [2.75, 3.05) is 0 Å². The second-order valence-electron chi connectivity index (χ2n) is 4.77. The Morgan fingerprint density at radius 3 is 2.23 bits per heavy atom. The minimum Gasteiger partial charge on any atom is -0.298 e. The van der Waals surface area contributed by atoms with Gasteiger partial charge in [-0.15, -0.1) is 0 Å². The van der Waals surface area contributed by atoms with Crippen molar-refractivity contribution in [3.63, 3.8) is 0 Å². The molecule has 0 heterocycles. The molecule has 3 aromatic carbocycles. The van der Waals surface area contributed by atoms with E-state index in [4.69, 9.17) is 0 Å². The normalized spacial score (nSPS) is 10.9. The molecule has 0 aliphatic carbocycles. The quantitative estimate of drug-likeness (QED) is 0.306. The molecule has 0 radical (unpaired) electrons. The number of hydrogen-bond donors (Lipinski definition) is 0. The maximum absolute atomic E-state index is 11.0. The molecule has 22 heavy (non-hydrogen) atoms. The molecule has 0 aliphatic rings. The van der Waals surface area contributed by atoms with Crippen LogP contribution in [-0.4, -0.2) is 6.29 Å². The third-order valence-electron chi connectivity index (χ3n) is 3.40. The number of fused-ring (bicyclic) bond motifs is 1. The van der Waals surface area contributed by atoms with Crippen molar-refractivity contribution in [1.82, 2.24) is 0 Å². The summed E-state index contributed by atoms with van der Waals surface area (Å²) in [4.78, 5) is 11.0. The Balaban J connectivity index is 2.34. The molecule has 0 saturated heterocycles. The van der Waals surface area contributed by atoms with Gasteiger partial charge in [0.05, 0.1) is 0 Å².